The number of hydrogen-bond acceptors (Lipinski definition) is 4. The highest BCUT2D eigenvalue weighted by Crippen LogP contribution is 2.19. The van der Waals surface area contributed by atoms with Crippen LogP contribution in [0.25, 0.3) is 0 Å². The third-order valence-electron chi connectivity index (χ3n) is 2.52. The molecule has 19 heavy (non-hydrogen) atoms. The van der Waals surface area contributed by atoms with Gasteiger partial charge in [-0.15, -0.1) is 0 Å². The zero-order chi connectivity index (χ0) is 14.5. The molecule has 0 fully saturated rings. The summed E-state index contributed by atoms with van der Waals surface area (Å²) in [5.41, 5.74) is 1.23. The minimum absolute atomic E-state index is 0.0186. The fourth-order valence-electron chi connectivity index (χ4n) is 1.49. The highest BCUT2D eigenvalue weighted by atomic mass is 32.2. The van der Waals surface area contributed by atoms with Crippen molar-refractivity contribution < 1.29 is 13.2 Å². The number of carbonyl (C=O) groups is 1. The molecule has 0 saturated carbocycles. The van der Waals surface area contributed by atoms with Crippen LogP contribution in [-0.4, -0.2) is 27.4 Å². The van der Waals surface area contributed by atoms with Crippen LogP contribution in [0, 0.1) is 6.92 Å². The van der Waals surface area contributed by atoms with E-state index in [4.69, 9.17) is 5.14 Å². The summed E-state index contributed by atoms with van der Waals surface area (Å²) in [6.07, 6.45) is 0.938. The second-order valence-electron chi connectivity index (χ2n) is 4.25. The van der Waals surface area contributed by atoms with Gasteiger partial charge in [0.2, 0.25) is 15.9 Å². The van der Waals surface area contributed by atoms with Gasteiger partial charge in [-0.25, -0.2) is 13.6 Å². The summed E-state index contributed by atoms with van der Waals surface area (Å²) >= 11 is 0. The van der Waals surface area contributed by atoms with Gasteiger partial charge in [0.25, 0.3) is 0 Å². The van der Waals surface area contributed by atoms with Crippen LogP contribution in [0.15, 0.2) is 23.1 Å². The van der Waals surface area contributed by atoms with Crippen LogP contribution >= 0.6 is 0 Å². The molecule has 1 aromatic carbocycles. The van der Waals surface area contributed by atoms with Crippen molar-refractivity contribution in [3.8, 4) is 0 Å². The van der Waals surface area contributed by atoms with Crippen molar-refractivity contribution in [2.75, 3.05) is 18.4 Å². The first-order valence-corrected chi connectivity index (χ1v) is 7.53. The molecule has 1 amide bonds. The molecule has 0 aliphatic rings. The molecule has 1 aromatic rings. The van der Waals surface area contributed by atoms with Gasteiger partial charge in [-0.05, 0) is 37.6 Å². The molecule has 0 aliphatic carbocycles. The standard InChI is InChI=1S/C12H19N3O3S/c1-3-6-14-8-12(16)15-11-7-10(19(13,17)18)5-4-9(11)2/h4-5,7,14H,3,6,8H2,1-2H3,(H,15,16)(H2,13,17,18). The van der Waals surface area contributed by atoms with E-state index in [1.807, 2.05) is 6.92 Å². The maximum atomic E-state index is 11.6. The normalized spacial score (nSPS) is 11.3. The number of rotatable bonds is 6. The Balaban J connectivity index is 2.80. The fourth-order valence-corrected chi connectivity index (χ4v) is 2.03. The lowest BCUT2D eigenvalue weighted by molar-refractivity contribution is -0.115. The average molecular weight is 285 g/mol. The van der Waals surface area contributed by atoms with Gasteiger partial charge < -0.3 is 10.6 Å². The number of nitrogens with two attached hydrogens (primary N) is 1. The summed E-state index contributed by atoms with van der Waals surface area (Å²) in [4.78, 5) is 11.6. The predicted molar refractivity (Wildman–Crippen MR) is 74.3 cm³/mol. The van der Waals surface area contributed by atoms with Gasteiger partial charge >= 0.3 is 0 Å². The van der Waals surface area contributed by atoms with Crippen LogP contribution in [-0.2, 0) is 14.8 Å². The molecular weight excluding hydrogens is 266 g/mol. The molecule has 4 N–H and O–H groups in total. The number of primary sulfonamides is 1. The van der Waals surface area contributed by atoms with Crippen LogP contribution in [0.1, 0.15) is 18.9 Å². The van der Waals surface area contributed by atoms with Crippen LogP contribution in [0.4, 0.5) is 5.69 Å². The van der Waals surface area contributed by atoms with Crippen molar-refractivity contribution in [2.24, 2.45) is 5.14 Å². The van der Waals surface area contributed by atoms with E-state index >= 15 is 0 Å². The largest absolute Gasteiger partial charge is 0.325 e. The molecule has 0 bridgehead atoms. The quantitative estimate of drug-likeness (QED) is 0.665. The minimum atomic E-state index is -3.77. The molecule has 7 heteroatoms. The molecule has 106 valence electrons. The molecule has 1 rings (SSSR count). The van der Waals surface area contributed by atoms with Gasteiger partial charge in [-0.3, -0.25) is 4.79 Å². The van der Waals surface area contributed by atoms with Gasteiger partial charge in [0.15, 0.2) is 0 Å². The van der Waals surface area contributed by atoms with Crippen molar-refractivity contribution in [3.63, 3.8) is 0 Å². The lowest BCUT2D eigenvalue weighted by Crippen LogP contribution is -2.28. The fraction of sp³-hybridized carbons (Fsp3) is 0.417. The molecule has 0 heterocycles. The SMILES string of the molecule is CCCNCC(=O)Nc1cc(S(N)(=O)=O)ccc1C. The monoisotopic (exact) mass is 285 g/mol. The molecule has 0 saturated heterocycles. The smallest absolute Gasteiger partial charge is 0.238 e. The zero-order valence-corrected chi connectivity index (χ0v) is 11.9. The Morgan fingerprint density at radius 3 is 2.63 bits per heavy atom. The Morgan fingerprint density at radius 1 is 1.37 bits per heavy atom. The van der Waals surface area contributed by atoms with Crippen molar-refractivity contribution in [3.05, 3.63) is 23.8 Å². The average Bonchev–Trinajstić information content (AvgIpc) is 2.31. The van der Waals surface area contributed by atoms with E-state index < -0.39 is 10.0 Å². The maximum Gasteiger partial charge on any atom is 0.238 e. The van der Waals surface area contributed by atoms with E-state index in [1.165, 1.54) is 12.1 Å². The zero-order valence-electron chi connectivity index (χ0n) is 11.1. The van der Waals surface area contributed by atoms with Crippen molar-refractivity contribution >= 4 is 21.6 Å². The molecule has 0 aliphatic heterocycles. The van der Waals surface area contributed by atoms with E-state index in [0.717, 1.165) is 18.5 Å². The Morgan fingerprint density at radius 2 is 2.05 bits per heavy atom. The number of nitrogens with one attached hydrogen (secondary N) is 2. The first-order valence-electron chi connectivity index (χ1n) is 5.98. The molecule has 0 aromatic heterocycles. The maximum absolute atomic E-state index is 11.6. The van der Waals surface area contributed by atoms with Gasteiger partial charge in [0.1, 0.15) is 0 Å². The lowest BCUT2D eigenvalue weighted by atomic mass is 10.2. The Bertz CT molecular complexity index is 555. The predicted octanol–water partition coefficient (Wildman–Crippen LogP) is 0.581. The summed E-state index contributed by atoms with van der Waals surface area (Å²) < 4.78 is 22.5. The van der Waals surface area contributed by atoms with Crippen molar-refractivity contribution in [1.82, 2.24) is 5.32 Å². The Hall–Kier alpha value is -1.44. The van der Waals surface area contributed by atoms with Crippen molar-refractivity contribution in [2.45, 2.75) is 25.2 Å². The number of amides is 1. The van der Waals surface area contributed by atoms with Gasteiger partial charge in [0, 0.05) is 5.69 Å². The van der Waals surface area contributed by atoms with Crippen molar-refractivity contribution in [1.29, 1.82) is 0 Å². The van der Waals surface area contributed by atoms with Crippen LogP contribution in [0.2, 0.25) is 0 Å². The Labute approximate surface area is 113 Å². The summed E-state index contributed by atoms with van der Waals surface area (Å²) in [6.45, 7) is 4.73. The van der Waals surface area contributed by atoms with Gasteiger partial charge in [0.05, 0.1) is 11.4 Å². The first-order chi connectivity index (χ1) is 8.84. The van der Waals surface area contributed by atoms with Crippen LogP contribution in [0.3, 0.4) is 0 Å². The molecule has 0 unspecified atom stereocenters. The number of anilines is 1. The summed E-state index contributed by atoms with van der Waals surface area (Å²) in [6, 6.07) is 4.38. The second-order valence-corrected chi connectivity index (χ2v) is 5.81. The Kier molecular flexibility index (Phi) is 5.46. The number of sulfonamides is 1. The third kappa shape index (κ3) is 4.98. The number of aryl methyl sites for hydroxylation is 1. The van der Waals surface area contributed by atoms with E-state index in [0.29, 0.717) is 5.69 Å². The summed E-state index contributed by atoms with van der Waals surface area (Å²) in [7, 11) is -3.77. The van der Waals surface area contributed by atoms with Crippen LogP contribution < -0.4 is 15.8 Å². The van der Waals surface area contributed by atoms with Crippen LogP contribution in [0.5, 0.6) is 0 Å². The van der Waals surface area contributed by atoms with Gasteiger partial charge in [-0.1, -0.05) is 13.0 Å². The molecule has 6 nitrogen and oxygen atoms in total. The topological polar surface area (TPSA) is 101 Å². The number of hydrogen-bond donors (Lipinski definition) is 3. The highest BCUT2D eigenvalue weighted by Gasteiger charge is 2.11. The first kappa shape index (κ1) is 15.6. The van der Waals surface area contributed by atoms with E-state index in [2.05, 4.69) is 10.6 Å². The molecule has 0 spiro atoms. The second kappa shape index (κ2) is 6.65. The minimum Gasteiger partial charge on any atom is -0.325 e. The lowest BCUT2D eigenvalue weighted by Gasteiger charge is -2.10. The van der Waals surface area contributed by atoms with Gasteiger partial charge in [-0.2, -0.15) is 0 Å². The van der Waals surface area contributed by atoms with E-state index in [9.17, 15) is 13.2 Å². The van der Waals surface area contributed by atoms with E-state index in [-0.39, 0.29) is 17.3 Å². The molecule has 0 radical (unpaired) electrons. The summed E-state index contributed by atoms with van der Waals surface area (Å²) in [5.74, 6) is -0.219. The molecule has 0 atom stereocenters. The van der Waals surface area contributed by atoms with E-state index in [1.54, 1.807) is 13.0 Å². The summed E-state index contributed by atoms with van der Waals surface area (Å²) in [5, 5.41) is 10.7. The number of benzene rings is 1. The third-order valence-corrected chi connectivity index (χ3v) is 3.43. The highest BCUT2D eigenvalue weighted by molar-refractivity contribution is 7.89. The molecular formula is C12H19N3O3S. The number of carbonyl (C=O) groups excluding carboxylic acids is 1.